The van der Waals surface area contributed by atoms with Gasteiger partial charge in [-0.3, -0.25) is 0 Å². The van der Waals surface area contributed by atoms with Gasteiger partial charge >= 0.3 is 0 Å². The molecule has 0 atom stereocenters. The third-order valence-corrected chi connectivity index (χ3v) is 4.83. The molecule has 106 valence electrons. The Morgan fingerprint density at radius 3 is 2.35 bits per heavy atom. The van der Waals surface area contributed by atoms with Crippen LogP contribution in [-0.4, -0.2) is 13.5 Å². The molecule has 0 aliphatic rings. The van der Waals surface area contributed by atoms with Gasteiger partial charge in [0.25, 0.3) is 0 Å². The van der Waals surface area contributed by atoms with Crippen molar-refractivity contribution in [2.75, 3.05) is 5.73 Å². The second-order valence-electron chi connectivity index (χ2n) is 4.13. The lowest BCUT2D eigenvalue weighted by Crippen LogP contribution is -2.14. The summed E-state index contributed by atoms with van der Waals surface area (Å²) in [5.41, 5.74) is 6.57. The lowest BCUT2D eigenvalue weighted by Gasteiger charge is -2.12. The van der Waals surface area contributed by atoms with Crippen LogP contribution in [0.25, 0.3) is 0 Å². The smallest absolute Gasteiger partial charge is 0.239 e. The zero-order valence-corrected chi connectivity index (χ0v) is 12.1. The molecule has 0 bridgehead atoms. The number of primary sulfonamides is 1. The van der Waals surface area contributed by atoms with Gasteiger partial charge < -0.3 is 10.8 Å². The van der Waals surface area contributed by atoms with Gasteiger partial charge in [0.2, 0.25) is 10.0 Å². The van der Waals surface area contributed by atoms with Crippen molar-refractivity contribution in [1.82, 2.24) is 0 Å². The zero-order valence-electron chi connectivity index (χ0n) is 10.5. The number of aliphatic hydroxyl groups is 1. The summed E-state index contributed by atoms with van der Waals surface area (Å²) in [6.07, 6.45) is 0. The third-order valence-electron chi connectivity index (χ3n) is 2.60. The fourth-order valence-electron chi connectivity index (χ4n) is 1.70. The largest absolute Gasteiger partial charge is 0.398 e. The van der Waals surface area contributed by atoms with E-state index in [4.69, 9.17) is 16.0 Å². The van der Waals surface area contributed by atoms with Crippen LogP contribution >= 0.6 is 11.8 Å². The molecule has 0 aromatic heterocycles. The topological polar surface area (TPSA) is 106 Å². The van der Waals surface area contributed by atoms with Crippen molar-refractivity contribution in [3.63, 3.8) is 0 Å². The van der Waals surface area contributed by atoms with Crippen LogP contribution in [0, 0.1) is 0 Å². The Hall–Kier alpha value is -1.54. The van der Waals surface area contributed by atoms with E-state index < -0.39 is 10.0 Å². The fourth-order valence-corrected chi connectivity index (χ4v) is 3.73. The summed E-state index contributed by atoms with van der Waals surface area (Å²) in [4.78, 5) is 1.15. The van der Waals surface area contributed by atoms with Gasteiger partial charge in [-0.2, -0.15) is 0 Å². The Labute approximate surface area is 121 Å². The molecule has 5 nitrogen and oxygen atoms in total. The molecule has 2 aromatic rings. The van der Waals surface area contributed by atoms with E-state index in [2.05, 4.69) is 0 Å². The second kappa shape index (κ2) is 5.84. The van der Waals surface area contributed by atoms with E-state index in [1.807, 2.05) is 30.3 Å². The van der Waals surface area contributed by atoms with Gasteiger partial charge in [0, 0.05) is 10.6 Å². The normalized spacial score (nSPS) is 11.5. The summed E-state index contributed by atoms with van der Waals surface area (Å²) in [7, 11) is -3.92. The fraction of sp³-hybridized carbons (Fsp3) is 0.0769. The second-order valence-corrected chi connectivity index (χ2v) is 6.74. The quantitative estimate of drug-likeness (QED) is 0.743. The molecule has 0 fully saturated rings. The highest BCUT2D eigenvalue weighted by Crippen LogP contribution is 2.37. The highest BCUT2D eigenvalue weighted by Gasteiger charge is 2.19. The number of hydrogen-bond acceptors (Lipinski definition) is 5. The lowest BCUT2D eigenvalue weighted by atomic mass is 10.2. The van der Waals surface area contributed by atoms with Crippen LogP contribution in [0.2, 0.25) is 0 Å². The van der Waals surface area contributed by atoms with E-state index in [9.17, 15) is 8.42 Å². The van der Waals surface area contributed by atoms with E-state index in [0.717, 1.165) is 4.90 Å². The van der Waals surface area contributed by atoms with Crippen LogP contribution in [0.3, 0.4) is 0 Å². The minimum Gasteiger partial charge on any atom is -0.398 e. The first-order valence-corrected chi connectivity index (χ1v) is 8.07. The van der Waals surface area contributed by atoms with Crippen molar-refractivity contribution in [2.45, 2.75) is 21.3 Å². The minimum absolute atomic E-state index is 0.0737. The maximum atomic E-state index is 11.7. The van der Waals surface area contributed by atoms with Crippen LogP contribution in [0.5, 0.6) is 0 Å². The van der Waals surface area contributed by atoms with Gasteiger partial charge in [-0.1, -0.05) is 30.0 Å². The third kappa shape index (κ3) is 3.31. The molecular formula is C13H14N2O3S2. The van der Waals surface area contributed by atoms with E-state index in [0.29, 0.717) is 10.5 Å². The average molecular weight is 310 g/mol. The van der Waals surface area contributed by atoms with Crippen molar-refractivity contribution >= 4 is 27.5 Å². The number of benzene rings is 2. The Bertz CT molecular complexity index is 716. The molecule has 0 aliphatic heterocycles. The van der Waals surface area contributed by atoms with Gasteiger partial charge in [0.05, 0.1) is 16.4 Å². The van der Waals surface area contributed by atoms with Crippen LogP contribution in [0.15, 0.2) is 57.2 Å². The number of hydrogen-bond donors (Lipinski definition) is 3. The number of nitrogen functional groups attached to an aromatic ring is 1. The minimum atomic E-state index is -3.92. The summed E-state index contributed by atoms with van der Waals surface area (Å²) in [5.74, 6) is 0. The highest BCUT2D eigenvalue weighted by molar-refractivity contribution is 8.00. The van der Waals surface area contributed by atoms with Crippen LogP contribution in [0.1, 0.15) is 5.56 Å². The molecular weight excluding hydrogens is 296 g/mol. The number of anilines is 1. The Kier molecular flexibility index (Phi) is 4.34. The summed E-state index contributed by atoms with van der Waals surface area (Å²) >= 11 is 1.22. The van der Waals surface area contributed by atoms with Crippen LogP contribution in [-0.2, 0) is 16.6 Å². The van der Waals surface area contributed by atoms with Crippen molar-refractivity contribution in [1.29, 1.82) is 0 Å². The zero-order chi connectivity index (χ0) is 14.8. The van der Waals surface area contributed by atoms with Gasteiger partial charge in [-0.05, 0) is 29.8 Å². The van der Waals surface area contributed by atoms with E-state index in [1.54, 1.807) is 6.07 Å². The van der Waals surface area contributed by atoms with Crippen molar-refractivity contribution in [2.24, 2.45) is 5.14 Å². The molecule has 0 saturated heterocycles. The summed E-state index contributed by atoms with van der Waals surface area (Å²) in [6.45, 7) is -0.303. The van der Waals surface area contributed by atoms with E-state index in [1.165, 1.54) is 17.8 Å². The number of rotatable bonds is 4. The number of nitrogens with two attached hydrogens (primary N) is 2. The molecule has 0 aliphatic carbocycles. The molecule has 0 saturated carbocycles. The molecule has 0 spiro atoms. The highest BCUT2D eigenvalue weighted by atomic mass is 32.2. The molecule has 2 rings (SSSR count). The molecule has 20 heavy (non-hydrogen) atoms. The number of sulfonamides is 1. The van der Waals surface area contributed by atoms with Crippen molar-refractivity contribution in [3.8, 4) is 0 Å². The summed E-state index contributed by atoms with van der Waals surface area (Å²) < 4.78 is 23.4. The van der Waals surface area contributed by atoms with Crippen LogP contribution in [0.4, 0.5) is 5.69 Å². The first kappa shape index (κ1) is 14.9. The first-order valence-electron chi connectivity index (χ1n) is 5.71. The van der Waals surface area contributed by atoms with Crippen molar-refractivity contribution < 1.29 is 13.5 Å². The monoisotopic (exact) mass is 310 g/mol. The molecule has 0 radical (unpaired) electrons. The molecule has 2 aromatic carbocycles. The molecule has 0 heterocycles. The van der Waals surface area contributed by atoms with Crippen LogP contribution < -0.4 is 10.9 Å². The predicted molar refractivity (Wildman–Crippen MR) is 78.7 cm³/mol. The SMILES string of the molecule is Nc1cc(CO)cc(S(N)(=O)=O)c1Sc1ccccc1. The van der Waals surface area contributed by atoms with Gasteiger partial charge in [-0.25, -0.2) is 13.6 Å². The standard InChI is InChI=1S/C13H14N2O3S2/c14-11-6-9(8-16)7-12(20(15,17)18)13(11)19-10-4-2-1-3-5-10/h1-7,16H,8,14H2,(H2,15,17,18). The maximum Gasteiger partial charge on any atom is 0.239 e. The summed E-state index contributed by atoms with van der Waals surface area (Å²) in [6, 6.07) is 12.1. The molecule has 7 heteroatoms. The van der Waals surface area contributed by atoms with Gasteiger partial charge in [0.1, 0.15) is 0 Å². The summed E-state index contributed by atoms with van der Waals surface area (Å²) in [5, 5.41) is 14.4. The van der Waals surface area contributed by atoms with E-state index in [-0.39, 0.29) is 17.2 Å². The van der Waals surface area contributed by atoms with Gasteiger partial charge in [-0.15, -0.1) is 0 Å². The van der Waals surface area contributed by atoms with Gasteiger partial charge in [0.15, 0.2) is 0 Å². The average Bonchev–Trinajstić information content (AvgIpc) is 2.40. The Morgan fingerprint density at radius 1 is 1.15 bits per heavy atom. The first-order chi connectivity index (χ1) is 9.41. The Morgan fingerprint density at radius 2 is 1.80 bits per heavy atom. The molecule has 0 unspecified atom stereocenters. The molecule has 0 amide bonds. The molecule has 5 N–H and O–H groups in total. The lowest BCUT2D eigenvalue weighted by molar-refractivity contribution is 0.281. The predicted octanol–water partition coefficient (Wildman–Crippen LogP) is 1.56. The number of aliphatic hydroxyl groups excluding tert-OH is 1. The van der Waals surface area contributed by atoms with Crippen molar-refractivity contribution in [3.05, 3.63) is 48.0 Å². The Balaban J connectivity index is 2.57. The van der Waals surface area contributed by atoms with E-state index >= 15 is 0 Å². The maximum absolute atomic E-state index is 11.7.